The Labute approximate surface area is 99.9 Å². The molecular weight excluding hydrogens is 264 g/mol. The summed E-state index contributed by atoms with van der Waals surface area (Å²) in [6, 6.07) is 2.13. The first kappa shape index (κ1) is 12.2. The van der Waals surface area contributed by atoms with Crippen molar-refractivity contribution < 1.29 is 9.72 Å². The predicted octanol–water partition coefficient (Wildman–Crippen LogP) is 3.32. The van der Waals surface area contributed by atoms with E-state index in [1.165, 1.54) is 0 Å². The Morgan fingerprint density at radius 3 is 2.47 bits per heavy atom. The number of halogens is 3. The van der Waals surface area contributed by atoms with Crippen molar-refractivity contribution in [2.24, 2.45) is 0 Å². The quantitative estimate of drug-likeness (QED) is 0.366. The molecule has 0 N–H and O–H groups in total. The second kappa shape index (κ2) is 4.79. The SMILES string of the molecule is O=C(CCl)c1cc([N+](=O)[O-])cc(Cl)c1Cl. The summed E-state index contributed by atoms with van der Waals surface area (Å²) < 4.78 is 0. The van der Waals surface area contributed by atoms with Crippen LogP contribution in [0.15, 0.2) is 12.1 Å². The van der Waals surface area contributed by atoms with Crippen LogP contribution >= 0.6 is 34.8 Å². The standard InChI is InChI=1S/C8H4Cl3NO3/c9-3-7(13)5-1-4(12(14)15)2-6(10)8(5)11/h1-2H,3H2. The molecule has 0 amide bonds. The van der Waals surface area contributed by atoms with Crippen molar-refractivity contribution in [3.63, 3.8) is 0 Å². The first-order valence-corrected chi connectivity index (χ1v) is 4.99. The van der Waals surface area contributed by atoms with Crippen LogP contribution in [-0.4, -0.2) is 16.6 Å². The third-order valence-electron chi connectivity index (χ3n) is 1.65. The van der Waals surface area contributed by atoms with Crippen molar-refractivity contribution in [3.05, 3.63) is 37.9 Å². The summed E-state index contributed by atoms with van der Waals surface area (Å²) in [5.41, 5.74) is -0.330. The van der Waals surface area contributed by atoms with E-state index in [4.69, 9.17) is 34.8 Å². The molecule has 0 aliphatic heterocycles. The second-order valence-electron chi connectivity index (χ2n) is 2.60. The number of ketones is 1. The van der Waals surface area contributed by atoms with Crippen molar-refractivity contribution in [2.75, 3.05) is 5.88 Å². The molecule has 0 saturated heterocycles. The summed E-state index contributed by atoms with van der Waals surface area (Å²) in [7, 11) is 0. The number of carbonyl (C=O) groups excluding carboxylic acids is 1. The Morgan fingerprint density at radius 1 is 1.40 bits per heavy atom. The van der Waals surface area contributed by atoms with E-state index < -0.39 is 10.7 Å². The first-order valence-electron chi connectivity index (χ1n) is 3.70. The molecule has 0 saturated carbocycles. The minimum Gasteiger partial charge on any atom is -0.293 e. The molecule has 1 aromatic rings. The van der Waals surface area contributed by atoms with Crippen LogP contribution in [0.25, 0.3) is 0 Å². The highest BCUT2D eigenvalue weighted by molar-refractivity contribution is 6.45. The molecule has 0 aliphatic carbocycles. The third-order valence-corrected chi connectivity index (χ3v) is 2.69. The van der Waals surface area contributed by atoms with Gasteiger partial charge in [0.05, 0.1) is 20.8 Å². The lowest BCUT2D eigenvalue weighted by atomic mass is 10.1. The van der Waals surface area contributed by atoms with Gasteiger partial charge in [0, 0.05) is 17.7 Å². The maximum Gasteiger partial charge on any atom is 0.271 e. The number of nitrogens with zero attached hydrogens (tertiary/aromatic N) is 1. The lowest BCUT2D eigenvalue weighted by Crippen LogP contribution is -2.03. The molecule has 0 atom stereocenters. The molecule has 0 fully saturated rings. The summed E-state index contributed by atoms with van der Waals surface area (Å²) in [6.07, 6.45) is 0. The molecule has 0 spiro atoms. The highest BCUT2D eigenvalue weighted by Gasteiger charge is 2.18. The van der Waals surface area contributed by atoms with Gasteiger partial charge in [-0.3, -0.25) is 14.9 Å². The largest absolute Gasteiger partial charge is 0.293 e. The maximum atomic E-state index is 11.3. The zero-order chi connectivity index (χ0) is 11.6. The Morgan fingerprint density at radius 2 is 2.00 bits per heavy atom. The van der Waals surface area contributed by atoms with Crippen LogP contribution in [0, 0.1) is 10.1 Å². The predicted molar refractivity (Wildman–Crippen MR) is 58.2 cm³/mol. The van der Waals surface area contributed by atoms with E-state index in [1.54, 1.807) is 0 Å². The van der Waals surface area contributed by atoms with Crippen molar-refractivity contribution in [3.8, 4) is 0 Å². The van der Waals surface area contributed by atoms with Gasteiger partial charge in [-0.05, 0) is 0 Å². The zero-order valence-corrected chi connectivity index (χ0v) is 9.44. The number of nitro benzene ring substituents is 1. The molecule has 0 aromatic heterocycles. The first-order chi connectivity index (χ1) is 6.97. The van der Waals surface area contributed by atoms with E-state index in [9.17, 15) is 14.9 Å². The Balaban J connectivity index is 3.37. The van der Waals surface area contributed by atoms with E-state index in [1.807, 2.05) is 0 Å². The van der Waals surface area contributed by atoms with Gasteiger partial charge >= 0.3 is 0 Å². The van der Waals surface area contributed by atoms with Crippen LogP contribution in [0.2, 0.25) is 10.0 Å². The molecule has 15 heavy (non-hydrogen) atoms. The van der Waals surface area contributed by atoms with Gasteiger partial charge in [0.2, 0.25) is 0 Å². The molecular formula is C8H4Cl3NO3. The van der Waals surface area contributed by atoms with Crippen LogP contribution < -0.4 is 0 Å². The van der Waals surface area contributed by atoms with Crippen molar-refractivity contribution in [1.29, 1.82) is 0 Å². The van der Waals surface area contributed by atoms with Crippen molar-refractivity contribution >= 4 is 46.3 Å². The number of carbonyl (C=O) groups is 1. The van der Waals surface area contributed by atoms with Gasteiger partial charge in [-0.1, -0.05) is 23.2 Å². The van der Waals surface area contributed by atoms with Crippen LogP contribution in [-0.2, 0) is 0 Å². The fourth-order valence-corrected chi connectivity index (χ4v) is 1.53. The molecule has 1 aromatic carbocycles. The number of nitro groups is 1. The highest BCUT2D eigenvalue weighted by Crippen LogP contribution is 2.31. The van der Waals surface area contributed by atoms with E-state index in [2.05, 4.69) is 0 Å². The molecule has 1 rings (SSSR count). The molecule has 4 nitrogen and oxygen atoms in total. The molecule has 7 heteroatoms. The number of hydrogen-bond acceptors (Lipinski definition) is 3. The van der Waals surface area contributed by atoms with Gasteiger partial charge in [-0.25, -0.2) is 0 Å². The monoisotopic (exact) mass is 267 g/mol. The number of hydrogen-bond donors (Lipinski definition) is 0. The molecule has 0 aliphatic rings. The maximum absolute atomic E-state index is 11.3. The number of alkyl halides is 1. The zero-order valence-electron chi connectivity index (χ0n) is 7.17. The summed E-state index contributed by atoms with van der Waals surface area (Å²) >= 11 is 16.7. The number of benzene rings is 1. The van der Waals surface area contributed by atoms with Crippen LogP contribution in [0.1, 0.15) is 10.4 Å². The van der Waals surface area contributed by atoms with Crippen molar-refractivity contribution in [1.82, 2.24) is 0 Å². The van der Waals surface area contributed by atoms with Gasteiger partial charge in [-0.15, -0.1) is 11.6 Å². The smallest absolute Gasteiger partial charge is 0.271 e. The van der Waals surface area contributed by atoms with Crippen LogP contribution in [0.5, 0.6) is 0 Å². The molecule has 0 radical (unpaired) electrons. The Hall–Kier alpha value is -0.840. The normalized spacial score (nSPS) is 10.1. The van der Waals surface area contributed by atoms with Crippen LogP contribution in [0.4, 0.5) is 5.69 Å². The van der Waals surface area contributed by atoms with E-state index in [0.717, 1.165) is 12.1 Å². The average Bonchev–Trinajstić information content (AvgIpc) is 2.20. The average molecular weight is 268 g/mol. The topological polar surface area (TPSA) is 60.2 Å². The molecule has 80 valence electrons. The third kappa shape index (κ3) is 2.59. The highest BCUT2D eigenvalue weighted by atomic mass is 35.5. The number of Topliss-reactive ketones (excluding diaryl/α,β-unsaturated/α-hetero) is 1. The van der Waals surface area contributed by atoms with Gasteiger partial charge in [0.1, 0.15) is 0 Å². The number of rotatable bonds is 3. The minimum atomic E-state index is -0.660. The molecule has 0 heterocycles. The van der Waals surface area contributed by atoms with Crippen LogP contribution in [0.3, 0.4) is 0 Å². The summed E-state index contributed by atoms with van der Waals surface area (Å²) in [4.78, 5) is 21.1. The molecule has 0 unspecified atom stereocenters. The van der Waals surface area contributed by atoms with E-state index in [0.29, 0.717) is 0 Å². The lowest BCUT2D eigenvalue weighted by Gasteiger charge is -2.02. The van der Waals surface area contributed by atoms with E-state index in [-0.39, 0.29) is 27.2 Å². The summed E-state index contributed by atoms with van der Waals surface area (Å²) in [5, 5.41) is 10.4. The number of non-ortho nitro benzene ring substituents is 1. The lowest BCUT2D eigenvalue weighted by molar-refractivity contribution is -0.384. The van der Waals surface area contributed by atoms with E-state index >= 15 is 0 Å². The van der Waals surface area contributed by atoms with Gasteiger partial charge in [0.25, 0.3) is 5.69 Å². The van der Waals surface area contributed by atoms with Gasteiger partial charge in [0.15, 0.2) is 5.78 Å². The summed E-state index contributed by atoms with van der Waals surface area (Å²) in [5.74, 6) is -0.815. The van der Waals surface area contributed by atoms with Gasteiger partial charge in [-0.2, -0.15) is 0 Å². The minimum absolute atomic E-state index is 0.0204. The molecule has 0 bridgehead atoms. The Kier molecular flexibility index (Phi) is 3.90. The fraction of sp³-hybridized carbons (Fsp3) is 0.125. The summed E-state index contributed by atoms with van der Waals surface area (Å²) in [6.45, 7) is 0. The van der Waals surface area contributed by atoms with Gasteiger partial charge < -0.3 is 0 Å². The second-order valence-corrected chi connectivity index (χ2v) is 3.66. The fourth-order valence-electron chi connectivity index (χ4n) is 0.955. The Bertz CT molecular complexity index is 433. The van der Waals surface area contributed by atoms with Crippen molar-refractivity contribution in [2.45, 2.75) is 0 Å².